The van der Waals surface area contributed by atoms with Crippen LogP contribution in [0.1, 0.15) is 22.8 Å². The van der Waals surface area contributed by atoms with Gasteiger partial charge in [0, 0.05) is 25.7 Å². The maximum atomic E-state index is 12.7. The fraction of sp³-hybridized carbons (Fsp3) is 0.200. The summed E-state index contributed by atoms with van der Waals surface area (Å²) < 4.78 is 43.4. The highest BCUT2D eigenvalue weighted by molar-refractivity contribution is 5.90. The van der Waals surface area contributed by atoms with Gasteiger partial charge < -0.3 is 9.64 Å². The number of amides is 1. The van der Waals surface area contributed by atoms with E-state index in [4.69, 9.17) is 4.74 Å². The topological polar surface area (TPSA) is 46.6 Å². The number of benzene rings is 2. The van der Waals surface area contributed by atoms with Gasteiger partial charge in [-0.05, 0) is 23.8 Å². The SMILES string of the molecule is CN(C)C(=O)[C@@H](OC(=O)/C=C/c1cccc(C(F)(F)F)c1)c1ccccc1. The zero-order valence-electron chi connectivity index (χ0n) is 14.7. The molecule has 0 heterocycles. The van der Waals surface area contributed by atoms with E-state index >= 15 is 0 Å². The first-order chi connectivity index (χ1) is 12.7. The monoisotopic (exact) mass is 377 g/mol. The molecule has 0 aliphatic heterocycles. The molecule has 2 aromatic rings. The number of ether oxygens (including phenoxy) is 1. The molecule has 1 amide bonds. The first-order valence-corrected chi connectivity index (χ1v) is 8.00. The normalized spacial score (nSPS) is 12.6. The zero-order chi connectivity index (χ0) is 20.0. The Kier molecular flexibility index (Phi) is 6.39. The van der Waals surface area contributed by atoms with Crippen molar-refractivity contribution in [3.05, 3.63) is 77.4 Å². The van der Waals surface area contributed by atoms with Crippen LogP contribution in [0.15, 0.2) is 60.7 Å². The van der Waals surface area contributed by atoms with Gasteiger partial charge in [-0.15, -0.1) is 0 Å². The number of alkyl halides is 3. The number of carbonyl (C=O) groups excluding carboxylic acids is 2. The summed E-state index contributed by atoms with van der Waals surface area (Å²) >= 11 is 0. The third kappa shape index (κ3) is 5.70. The van der Waals surface area contributed by atoms with Crippen LogP contribution in [0, 0.1) is 0 Å². The van der Waals surface area contributed by atoms with E-state index in [9.17, 15) is 22.8 Å². The Balaban J connectivity index is 2.16. The van der Waals surface area contributed by atoms with Crippen molar-refractivity contribution >= 4 is 18.0 Å². The number of hydrogen-bond acceptors (Lipinski definition) is 3. The highest BCUT2D eigenvalue weighted by Gasteiger charge is 2.30. The molecule has 0 aliphatic carbocycles. The lowest BCUT2D eigenvalue weighted by molar-refractivity contribution is -0.155. The fourth-order valence-electron chi connectivity index (χ4n) is 2.26. The first kappa shape index (κ1) is 20.2. The van der Waals surface area contributed by atoms with Gasteiger partial charge in [0.25, 0.3) is 5.91 Å². The largest absolute Gasteiger partial charge is 0.444 e. The summed E-state index contributed by atoms with van der Waals surface area (Å²) in [5.74, 6) is -1.27. The van der Waals surface area contributed by atoms with Gasteiger partial charge >= 0.3 is 12.1 Å². The number of carbonyl (C=O) groups is 2. The predicted molar refractivity (Wildman–Crippen MR) is 94.4 cm³/mol. The van der Waals surface area contributed by atoms with Crippen molar-refractivity contribution in [1.82, 2.24) is 4.90 Å². The maximum absolute atomic E-state index is 12.7. The first-order valence-electron chi connectivity index (χ1n) is 8.00. The van der Waals surface area contributed by atoms with E-state index in [1.165, 1.54) is 37.2 Å². The van der Waals surface area contributed by atoms with Crippen molar-refractivity contribution in [2.75, 3.05) is 14.1 Å². The minimum atomic E-state index is -4.47. The Hall–Kier alpha value is -3.09. The highest BCUT2D eigenvalue weighted by Crippen LogP contribution is 2.29. The van der Waals surface area contributed by atoms with Crippen LogP contribution in [-0.2, 0) is 20.5 Å². The number of rotatable bonds is 5. The Morgan fingerprint density at radius 1 is 1.04 bits per heavy atom. The molecule has 2 aromatic carbocycles. The van der Waals surface area contributed by atoms with E-state index in [1.807, 2.05) is 0 Å². The molecule has 27 heavy (non-hydrogen) atoms. The number of hydrogen-bond donors (Lipinski definition) is 0. The number of esters is 1. The summed E-state index contributed by atoms with van der Waals surface area (Å²) in [5.41, 5.74) is -0.128. The molecule has 7 heteroatoms. The van der Waals surface area contributed by atoms with Crippen molar-refractivity contribution < 1.29 is 27.5 Å². The van der Waals surface area contributed by atoms with Gasteiger partial charge in [0.1, 0.15) is 0 Å². The van der Waals surface area contributed by atoms with Crippen LogP contribution in [0.3, 0.4) is 0 Å². The van der Waals surface area contributed by atoms with Crippen LogP contribution in [0.2, 0.25) is 0 Å². The quantitative estimate of drug-likeness (QED) is 0.582. The zero-order valence-corrected chi connectivity index (χ0v) is 14.7. The maximum Gasteiger partial charge on any atom is 0.416 e. The number of likely N-dealkylation sites (N-methyl/N-ethyl adjacent to an activating group) is 1. The molecular formula is C20H18F3NO3. The summed E-state index contributed by atoms with van der Waals surface area (Å²) in [7, 11) is 3.06. The van der Waals surface area contributed by atoms with Crippen LogP contribution in [0.5, 0.6) is 0 Å². The van der Waals surface area contributed by atoms with Crippen molar-refractivity contribution in [3.63, 3.8) is 0 Å². The Labute approximate surface area is 154 Å². The average molecular weight is 377 g/mol. The lowest BCUT2D eigenvalue weighted by Gasteiger charge is -2.20. The molecule has 0 aromatic heterocycles. The second kappa shape index (κ2) is 8.53. The summed E-state index contributed by atoms with van der Waals surface area (Å²) in [6.07, 6.45) is -3.41. The van der Waals surface area contributed by atoms with Gasteiger partial charge in [0.05, 0.1) is 5.56 Å². The molecule has 0 saturated heterocycles. The molecule has 0 spiro atoms. The van der Waals surface area contributed by atoms with Gasteiger partial charge in [-0.2, -0.15) is 13.2 Å². The summed E-state index contributed by atoms with van der Waals surface area (Å²) in [4.78, 5) is 25.7. The molecule has 0 radical (unpaired) electrons. The molecule has 4 nitrogen and oxygen atoms in total. The lowest BCUT2D eigenvalue weighted by atomic mass is 10.1. The van der Waals surface area contributed by atoms with Gasteiger partial charge in [-0.1, -0.05) is 42.5 Å². The molecule has 0 unspecified atom stereocenters. The van der Waals surface area contributed by atoms with Crippen molar-refractivity contribution in [3.8, 4) is 0 Å². The standard InChI is InChI=1S/C20H18F3NO3/c1-24(2)19(26)18(15-8-4-3-5-9-15)27-17(25)12-11-14-7-6-10-16(13-14)20(21,22)23/h3-13,18H,1-2H3/b12-11+/t18-/m0/s1. The van der Waals surface area contributed by atoms with E-state index in [-0.39, 0.29) is 5.56 Å². The molecule has 0 saturated carbocycles. The van der Waals surface area contributed by atoms with Crippen LogP contribution in [0.4, 0.5) is 13.2 Å². The molecule has 0 aliphatic rings. The second-order valence-corrected chi connectivity index (χ2v) is 5.92. The second-order valence-electron chi connectivity index (χ2n) is 5.92. The molecule has 0 fully saturated rings. The van der Waals surface area contributed by atoms with E-state index in [1.54, 1.807) is 30.3 Å². The Bertz CT molecular complexity index is 830. The van der Waals surface area contributed by atoms with Crippen LogP contribution >= 0.6 is 0 Å². The minimum Gasteiger partial charge on any atom is -0.444 e. The fourth-order valence-corrected chi connectivity index (χ4v) is 2.26. The van der Waals surface area contributed by atoms with Gasteiger partial charge in [-0.25, -0.2) is 4.79 Å². The Morgan fingerprint density at radius 2 is 1.70 bits per heavy atom. The highest BCUT2D eigenvalue weighted by atomic mass is 19.4. The lowest BCUT2D eigenvalue weighted by Crippen LogP contribution is -2.30. The smallest absolute Gasteiger partial charge is 0.416 e. The van der Waals surface area contributed by atoms with Crippen molar-refractivity contribution in [1.29, 1.82) is 0 Å². The van der Waals surface area contributed by atoms with E-state index in [0.29, 0.717) is 5.56 Å². The summed E-state index contributed by atoms with van der Waals surface area (Å²) in [6, 6.07) is 13.0. The molecular weight excluding hydrogens is 359 g/mol. The van der Waals surface area contributed by atoms with Crippen molar-refractivity contribution in [2.24, 2.45) is 0 Å². The Morgan fingerprint density at radius 3 is 2.30 bits per heavy atom. The average Bonchev–Trinajstić information content (AvgIpc) is 2.64. The number of halogens is 3. The molecule has 2 rings (SSSR count). The summed E-state index contributed by atoms with van der Waals surface area (Å²) in [5, 5.41) is 0. The molecule has 0 bridgehead atoms. The molecule has 142 valence electrons. The van der Waals surface area contributed by atoms with Gasteiger partial charge in [0.15, 0.2) is 0 Å². The van der Waals surface area contributed by atoms with Gasteiger partial charge in [0.2, 0.25) is 6.10 Å². The van der Waals surface area contributed by atoms with Gasteiger partial charge in [-0.3, -0.25) is 4.79 Å². The molecule has 1 atom stereocenters. The summed E-state index contributed by atoms with van der Waals surface area (Å²) in [6.45, 7) is 0. The molecule has 0 N–H and O–H groups in total. The predicted octanol–water partition coefficient (Wildman–Crippen LogP) is 4.09. The van der Waals surface area contributed by atoms with E-state index in [0.717, 1.165) is 18.2 Å². The third-order valence-electron chi connectivity index (χ3n) is 3.63. The van der Waals surface area contributed by atoms with E-state index in [2.05, 4.69) is 0 Å². The minimum absolute atomic E-state index is 0.192. The number of nitrogens with zero attached hydrogens (tertiary/aromatic N) is 1. The van der Waals surface area contributed by atoms with Crippen LogP contribution < -0.4 is 0 Å². The third-order valence-corrected chi connectivity index (χ3v) is 3.63. The van der Waals surface area contributed by atoms with Crippen LogP contribution in [-0.4, -0.2) is 30.9 Å². The van der Waals surface area contributed by atoms with Crippen molar-refractivity contribution in [2.45, 2.75) is 12.3 Å². The van der Waals surface area contributed by atoms with E-state index < -0.39 is 29.7 Å². The van der Waals surface area contributed by atoms with Crippen LogP contribution in [0.25, 0.3) is 6.08 Å².